The molecule has 1 rings (SSSR count). The SMILES string of the molecule is COc1cc(Cl)c(NS(=O)[O-])cc1C(=O)NCC(Cl)CCCCl. The highest BCUT2D eigenvalue weighted by molar-refractivity contribution is 7.80. The average molecular weight is 403 g/mol. The molecule has 0 saturated carbocycles. The van der Waals surface area contributed by atoms with E-state index in [1.807, 2.05) is 0 Å². The van der Waals surface area contributed by atoms with Crippen LogP contribution in [0.5, 0.6) is 5.75 Å². The number of halogens is 3. The molecule has 0 aliphatic rings. The lowest BCUT2D eigenvalue weighted by atomic mass is 10.1. The molecule has 0 fully saturated rings. The molecule has 0 saturated heterocycles. The zero-order valence-electron chi connectivity index (χ0n) is 12.2. The number of ether oxygens (including phenoxy) is 1. The van der Waals surface area contributed by atoms with Gasteiger partial charge in [-0.05, 0) is 18.9 Å². The standard InChI is InChI=1S/C13H17Cl3N2O4S/c1-22-12-6-10(16)11(18-23(20)21)5-9(12)13(19)17-7-8(15)3-2-4-14/h5-6,8,18H,2-4,7H2,1H3,(H,17,19)(H,20,21)/p-1. The Morgan fingerprint density at radius 1 is 1.48 bits per heavy atom. The van der Waals surface area contributed by atoms with Crippen molar-refractivity contribution in [3.63, 3.8) is 0 Å². The maximum Gasteiger partial charge on any atom is 0.255 e. The smallest absolute Gasteiger partial charge is 0.255 e. The highest BCUT2D eigenvalue weighted by Crippen LogP contribution is 2.31. The van der Waals surface area contributed by atoms with Crippen LogP contribution in [-0.4, -0.2) is 39.6 Å². The lowest BCUT2D eigenvalue weighted by Crippen LogP contribution is -2.30. The number of carbonyl (C=O) groups excluding carboxylic acids is 1. The van der Waals surface area contributed by atoms with Gasteiger partial charge in [0.25, 0.3) is 5.91 Å². The maximum absolute atomic E-state index is 12.3. The Kier molecular flexibility index (Phi) is 9.01. The van der Waals surface area contributed by atoms with Crippen LogP contribution >= 0.6 is 34.8 Å². The fraction of sp³-hybridized carbons (Fsp3) is 0.462. The third kappa shape index (κ3) is 6.73. The fourth-order valence-corrected chi connectivity index (χ4v) is 2.76. The van der Waals surface area contributed by atoms with Crippen molar-refractivity contribution < 1.29 is 18.3 Å². The van der Waals surface area contributed by atoms with Crippen molar-refractivity contribution >= 4 is 57.7 Å². The quantitative estimate of drug-likeness (QED) is 0.491. The molecule has 1 aromatic rings. The molecular weight excluding hydrogens is 387 g/mol. The largest absolute Gasteiger partial charge is 0.755 e. The van der Waals surface area contributed by atoms with E-state index in [0.29, 0.717) is 12.3 Å². The van der Waals surface area contributed by atoms with Gasteiger partial charge in [-0.1, -0.05) is 11.6 Å². The molecule has 23 heavy (non-hydrogen) atoms. The Morgan fingerprint density at radius 3 is 2.74 bits per heavy atom. The molecule has 0 aromatic heterocycles. The highest BCUT2D eigenvalue weighted by Gasteiger charge is 2.17. The lowest BCUT2D eigenvalue weighted by Gasteiger charge is -2.16. The van der Waals surface area contributed by atoms with Gasteiger partial charge in [0, 0.05) is 29.8 Å². The molecule has 0 spiro atoms. The predicted octanol–water partition coefficient (Wildman–Crippen LogP) is 2.91. The van der Waals surface area contributed by atoms with Crippen molar-refractivity contribution in [2.75, 3.05) is 24.3 Å². The van der Waals surface area contributed by atoms with Crippen molar-refractivity contribution in [2.45, 2.75) is 18.2 Å². The summed E-state index contributed by atoms with van der Waals surface area (Å²) in [6.07, 6.45) is 1.42. The summed E-state index contributed by atoms with van der Waals surface area (Å²) >= 11 is 15.0. The number of rotatable bonds is 9. The highest BCUT2D eigenvalue weighted by atomic mass is 35.5. The van der Waals surface area contributed by atoms with Gasteiger partial charge in [-0.2, -0.15) is 0 Å². The molecular formula is C13H16Cl3N2O4S-. The van der Waals surface area contributed by atoms with Crippen molar-refractivity contribution in [3.8, 4) is 5.75 Å². The van der Waals surface area contributed by atoms with E-state index in [0.717, 1.165) is 6.42 Å². The van der Waals surface area contributed by atoms with E-state index in [9.17, 15) is 13.6 Å². The molecule has 2 N–H and O–H groups in total. The van der Waals surface area contributed by atoms with Crippen LogP contribution in [0.4, 0.5) is 5.69 Å². The minimum Gasteiger partial charge on any atom is -0.755 e. The summed E-state index contributed by atoms with van der Waals surface area (Å²) in [5.74, 6) is 0.278. The first-order valence-electron chi connectivity index (χ1n) is 6.60. The summed E-state index contributed by atoms with van der Waals surface area (Å²) in [5.41, 5.74) is 0.224. The normalized spacial score (nSPS) is 13.3. The van der Waals surface area contributed by atoms with Gasteiger partial charge in [0.1, 0.15) is 5.75 Å². The maximum atomic E-state index is 12.3. The van der Waals surface area contributed by atoms with Crippen molar-refractivity contribution in [1.29, 1.82) is 0 Å². The molecule has 6 nitrogen and oxygen atoms in total. The van der Waals surface area contributed by atoms with Gasteiger partial charge in [-0.15, -0.1) is 23.2 Å². The van der Waals surface area contributed by atoms with E-state index in [1.165, 1.54) is 19.2 Å². The van der Waals surface area contributed by atoms with Gasteiger partial charge in [0.05, 0.1) is 28.8 Å². The molecule has 2 atom stereocenters. The molecule has 0 aliphatic carbocycles. The molecule has 10 heteroatoms. The monoisotopic (exact) mass is 401 g/mol. The van der Waals surface area contributed by atoms with E-state index >= 15 is 0 Å². The van der Waals surface area contributed by atoms with Gasteiger partial charge in [-0.3, -0.25) is 9.00 Å². The minimum absolute atomic E-state index is 0.0792. The predicted molar refractivity (Wildman–Crippen MR) is 92.5 cm³/mol. The number of amides is 1. The zero-order chi connectivity index (χ0) is 17.4. The van der Waals surface area contributed by atoms with Crippen molar-refractivity contribution in [1.82, 2.24) is 5.32 Å². The fourth-order valence-electron chi connectivity index (χ4n) is 1.77. The van der Waals surface area contributed by atoms with Crippen LogP contribution in [-0.2, 0) is 11.3 Å². The number of hydrogen-bond acceptors (Lipinski definition) is 4. The van der Waals surface area contributed by atoms with Crippen LogP contribution in [0.15, 0.2) is 12.1 Å². The number of carbonyl (C=O) groups is 1. The number of benzene rings is 1. The number of hydrogen-bond donors (Lipinski definition) is 2. The van der Waals surface area contributed by atoms with Crippen LogP contribution in [0, 0.1) is 0 Å². The molecule has 1 aromatic carbocycles. The summed E-state index contributed by atoms with van der Waals surface area (Å²) in [4.78, 5) is 12.3. The molecule has 0 heterocycles. The van der Waals surface area contributed by atoms with Crippen LogP contribution in [0.25, 0.3) is 0 Å². The third-order valence-corrected chi connectivity index (χ3v) is 4.20. The Hall–Kier alpha value is -0.730. The van der Waals surface area contributed by atoms with Gasteiger partial charge in [-0.25, -0.2) is 0 Å². The van der Waals surface area contributed by atoms with Crippen molar-refractivity contribution in [2.24, 2.45) is 0 Å². The van der Waals surface area contributed by atoms with Crippen LogP contribution in [0.3, 0.4) is 0 Å². The summed E-state index contributed by atoms with van der Waals surface area (Å²) in [7, 11) is 1.38. The molecule has 2 unspecified atom stereocenters. The average Bonchev–Trinajstić information content (AvgIpc) is 2.51. The summed E-state index contributed by atoms with van der Waals surface area (Å²) in [6, 6.07) is 2.66. The summed E-state index contributed by atoms with van der Waals surface area (Å²) in [6.45, 7) is 0.249. The van der Waals surface area contributed by atoms with E-state index in [4.69, 9.17) is 39.5 Å². The Bertz CT molecular complexity index is 574. The first-order valence-corrected chi connectivity index (χ1v) is 9.03. The lowest BCUT2D eigenvalue weighted by molar-refractivity contribution is 0.0950. The van der Waals surface area contributed by atoms with E-state index in [-0.39, 0.29) is 33.9 Å². The van der Waals surface area contributed by atoms with Crippen LogP contribution in [0.1, 0.15) is 23.2 Å². The second-order valence-corrected chi connectivity index (χ2v) is 6.58. The van der Waals surface area contributed by atoms with Crippen LogP contribution < -0.4 is 14.8 Å². The number of nitrogens with one attached hydrogen (secondary N) is 2. The van der Waals surface area contributed by atoms with Gasteiger partial charge in [0.15, 0.2) is 0 Å². The molecule has 0 aliphatic heterocycles. The van der Waals surface area contributed by atoms with E-state index in [1.54, 1.807) is 0 Å². The molecule has 0 bridgehead atoms. The summed E-state index contributed by atoms with van der Waals surface area (Å²) < 4.78 is 28.7. The topological polar surface area (TPSA) is 90.5 Å². The van der Waals surface area contributed by atoms with Gasteiger partial charge >= 0.3 is 0 Å². The third-order valence-electron chi connectivity index (χ3n) is 2.86. The Labute approximate surface area is 152 Å². The molecule has 0 radical (unpaired) electrons. The first-order chi connectivity index (χ1) is 10.9. The van der Waals surface area contributed by atoms with E-state index < -0.39 is 17.2 Å². The van der Waals surface area contributed by atoms with Gasteiger partial charge in [0.2, 0.25) is 0 Å². The Morgan fingerprint density at radius 2 is 2.17 bits per heavy atom. The minimum atomic E-state index is -2.56. The number of alkyl halides is 2. The first kappa shape index (κ1) is 20.3. The zero-order valence-corrected chi connectivity index (χ0v) is 15.3. The van der Waals surface area contributed by atoms with E-state index in [2.05, 4.69) is 10.0 Å². The van der Waals surface area contributed by atoms with Crippen molar-refractivity contribution in [3.05, 3.63) is 22.7 Å². The number of anilines is 1. The van der Waals surface area contributed by atoms with Crippen LogP contribution in [0.2, 0.25) is 5.02 Å². The second-order valence-electron chi connectivity index (χ2n) is 4.51. The summed E-state index contributed by atoms with van der Waals surface area (Å²) in [5, 5.41) is 2.53. The Balaban J connectivity index is 2.87. The molecule has 1 amide bonds. The molecule has 130 valence electrons. The second kappa shape index (κ2) is 10.2. The number of methoxy groups -OCH3 is 1. The van der Waals surface area contributed by atoms with Gasteiger partial charge < -0.3 is 19.3 Å².